The number of nitrogens with two attached hydrogens (primary N) is 1. The van der Waals surface area contributed by atoms with Crippen LogP contribution in [0.25, 0.3) is 0 Å². The van der Waals surface area contributed by atoms with E-state index in [1.165, 1.54) is 4.68 Å². The Morgan fingerprint density at radius 1 is 1.30 bits per heavy atom. The van der Waals surface area contributed by atoms with E-state index in [-0.39, 0.29) is 0 Å². The normalized spacial score (nSPS) is 10.8. The molecule has 0 fully saturated rings. The van der Waals surface area contributed by atoms with Crippen molar-refractivity contribution in [2.75, 3.05) is 18.3 Å². The molecule has 20 heavy (non-hydrogen) atoms. The maximum absolute atomic E-state index is 5.97. The molecule has 0 aliphatic heterocycles. The van der Waals surface area contributed by atoms with Gasteiger partial charge >= 0.3 is 0 Å². The summed E-state index contributed by atoms with van der Waals surface area (Å²) in [4.78, 5) is 0. The summed E-state index contributed by atoms with van der Waals surface area (Å²) in [6.45, 7) is 4.71. The van der Waals surface area contributed by atoms with E-state index in [9.17, 15) is 0 Å². The van der Waals surface area contributed by atoms with E-state index in [1.54, 1.807) is 18.9 Å². The number of methoxy groups -OCH3 is 1. The van der Waals surface area contributed by atoms with Gasteiger partial charge in [0.05, 0.1) is 13.7 Å². The largest absolute Gasteiger partial charge is 0.497 e. The first-order valence-corrected chi connectivity index (χ1v) is 7.22. The molecule has 0 aliphatic carbocycles. The zero-order valence-electron chi connectivity index (χ0n) is 11.8. The topological polar surface area (TPSA) is 78.0 Å². The number of hydrogen-bond acceptors (Lipinski definition) is 6. The molecule has 3 N–H and O–H groups in total. The van der Waals surface area contributed by atoms with Crippen molar-refractivity contribution in [1.29, 1.82) is 0 Å². The minimum Gasteiger partial charge on any atom is -0.497 e. The highest BCUT2D eigenvalue weighted by molar-refractivity contribution is 7.99. The average molecular weight is 293 g/mol. The Morgan fingerprint density at radius 3 is 2.60 bits per heavy atom. The highest BCUT2D eigenvalue weighted by Gasteiger charge is 2.11. The Balaban J connectivity index is 1.98. The van der Waals surface area contributed by atoms with Gasteiger partial charge in [-0.2, -0.15) is 0 Å². The smallest absolute Gasteiger partial charge is 0.210 e. The Morgan fingerprint density at radius 2 is 2.00 bits per heavy atom. The van der Waals surface area contributed by atoms with Crippen molar-refractivity contribution in [3.05, 3.63) is 30.1 Å². The van der Waals surface area contributed by atoms with E-state index >= 15 is 0 Å². The van der Waals surface area contributed by atoms with Gasteiger partial charge in [-0.3, -0.25) is 0 Å². The van der Waals surface area contributed by atoms with Gasteiger partial charge in [-0.1, -0.05) is 25.6 Å². The Bertz CT molecular complexity index is 552. The highest BCUT2D eigenvalue weighted by Crippen LogP contribution is 2.20. The van der Waals surface area contributed by atoms with E-state index in [2.05, 4.69) is 29.4 Å². The van der Waals surface area contributed by atoms with E-state index in [0.717, 1.165) is 16.6 Å². The molecule has 0 radical (unpaired) electrons. The first-order valence-electron chi connectivity index (χ1n) is 6.34. The average Bonchev–Trinajstić information content (AvgIpc) is 2.77. The van der Waals surface area contributed by atoms with Crippen LogP contribution in [0.2, 0.25) is 0 Å². The summed E-state index contributed by atoms with van der Waals surface area (Å²) in [5.74, 6) is 7.50. The molecule has 0 spiro atoms. The Hall–Kier alpha value is -1.89. The van der Waals surface area contributed by atoms with E-state index in [1.807, 2.05) is 24.3 Å². The molecule has 0 saturated heterocycles. The zero-order chi connectivity index (χ0) is 14.5. The van der Waals surface area contributed by atoms with Gasteiger partial charge in [0.15, 0.2) is 5.82 Å². The summed E-state index contributed by atoms with van der Waals surface area (Å²) in [7, 11) is 1.65. The van der Waals surface area contributed by atoms with Crippen LogP contribution < -0.4 is 15.9 Å². The quantitative estimate of drug-likeness (QED) is 0.627. The third kappa shape index (κ3) is 3.57. The number of benzene rings is 1. The number of anilines is 1. The number of rotatable bonds is 6. The van der Waals surface area contributed by atoms with Crippen LogP contribution in [-0.4, -0.2) is 27.2 Å². The van der Waals surface area contributed by atoms with Crippen LogP contribution in [0.5, 0.6) is 5.75 Å². The maximum Gasteiger partial charge on any atom is 0.210 e. The summed E-state index contributed by atoms with van der Waals surface area (Å²) in [6.07, 6.45) is 0. The molecular weight excluding hydrogens is 274 g/mol. The minimum absolute atomic E-state index is 0.420. The molecule has 2 aromatic rings. The SMILES string of the molecule is COc1ccc(NCc2nnc(SC(C)C)n2N)cc1. The van der Waals surface area contributed by atoms with Crippen LogP contribution in [0.4, 0.5) is 5.69 Å². The van der Waals surface area contributed by atoms with Gasteiger partial charge in [0.1, 0.15) is 5.75 Å². The number of nitrogens with zero attached hydrogens (tertiary/aromatic N) is 3. The molecule has 2 rings (SSSR count). The second-order valence-corrected chi connectivity index (χ2v) is 6.06. The van der Waals surface area contributed by atoms with Crippen LogP contribution in [0.15, 0.2) is 29.4 Å². The summed E-state index contributed by atoms with van der Waals surface area (Å²) >= 11 is 1.59. The third-order valence-electron chi connectivity index (χ3n) is 2.62. The van der Waals surface area contributed by atoms with Crippen molar-refractivity contribution in [3.8, 4) is 5.75 Å². The van der Waals surface area contributed by atoms with Gasteiger partial charge in [-0.25, -0.2) is 4.68 Å². The van der Waals surface area contributed by atoms with Gasteiger partial charge < -0.3 is 15.9 Å². The number of hydrogen-bond donors (Lipinski definition) is 2. The number of thioether (sulfide) groups is 1. The summed E-state index contributed by atoms with van der Waals surface area (Å²) < 4.78 is 6.64. The molecule has 0 unspecified atom stereocenters. The number of nitrogens with one attached hydrogen (secondary N) is 1. The first-order chi connectivity index (χ1) is 9.60. The van der Waals surface area contributed by atoms with Crippen LogP contribution in [-0.2, 0) is 6.54 Å². The number of nitrogen functional groups attached to an aromatic ring is 1. The maximum atomic E-state index is 5.97. The highest BCUT2D eigenvalue weighted by atomic mass is 32.2. The van der Waals surface area contributed by atoms with Gasteiger partial charge in [0.25, 0.3) is 0 Å². The lowest BCUT2D eigenvalue weighted by Gasteiger charge is -2.08. The van der Waals surface area contributed by atoms with Crippen LogP contribution in [0, 0.1) is 0 Å². The number of ether oxygens (including phenoxy) is 1. The van der Waals surface area contributed by atoms with E-state index in [4.69, 9.17) is 10.6 Å². The van der Waals surface area contributed by atoms with Crippen molar-refractivity contribution in [3.63, 3.8) is 0 Å². The fourth-order valence-corrected chi connectivity index (χ4v) is 2.34. The lowest BCUT2D eigenvalue weighted by molar-refractivity contribution is 0.415. The van der Waals surface area contributed by atoms with Gasteiger partial charge in [-0.15, -0.1) is 10.2 Å². The summed E-state index contributed by atoms with van der Waals surface area (Å²) in [5.41, 5.74) is 0.979. The van der Waals surface area contributed by atoms with E-state index in [0.29, 0.717) is 17.6 Å². The molecule has 0 bridgehead atoms. The molecule has 1 aromatic carbocycles. The van der Waals surface area contributed by atoms with Crippen molar-refractivity contribution in [2.45, 2.75) is 30.8 Å². The molecule has 0 aliphatic rings. The molecule has 108 valence electrons. The monoisotopic (exact) mass is 293 g/mol. The first kappa shape index (κ1) is 14.5. The van der Waals surface area contributed by atoms with Crippen molar-refractivity contribution in [2.24, 2.45) is 0 Å². The summed E-state index contributed by atoms with van der Waals surface area (Å²) in [6, 6.07) is 7.69. The summed E-state index contributed by atoms with van der Waals surface area (Å²) in [5, 5.41) is 12.6. The number of aromatic nitrogens is 3. The standard InChI is InChI=1S/C13H19N5OS/c1-9(2)20-13-17-16-12(18(13)14)8-15-10-4-6-11(19-3)7-5-10/h4-7,9,15H,8,14H2,1-3H3. The Labute approximate surface area is 122 Å². The van der Waals surface area contributed by atoms with E-state index < -0.39 is 0 Å². The molecule has 0 amide bonds. The fraction of sp³-hybridized carbons (Fsp3) is 0.385. The Kier molecular flexibility index (Phi) is 4.73. The van der Waals surface area contributed by atoms with Crippen molar-refractivity contribution >= 4 is 17.4 Å². The third-order valence-corrected chi connectivity index (χ3v) is 3.58. The lowest BCUT2D eigenvalue weighted by atomic mass is 10.3. The molecule has 1 aromatic heterocycles. The molecule has 0 atom stereocenters. The van der Waals surface area contributed by atoms with Crippen molar-refractivity contribution in [1.82, 2.24) is 14.9 Å². The lowest BCUT2D eigenvalue weighted by Crippen LogP contribution is -2.17. The van der Waals surface area contributed by atoms with Crippen LogP contribution >= 0.6 is 11.8 Å². The molecule has 0 saturated carbocycles. The van der Waals surface area contributed by atoms with Crippen LogP contribution in [0.1, 0.15) is 19.7 Å². The molecule has 7 heteroatoms. The van der Waals surface area contributed by atoms with Crippen LogP contribution in [0.3, 0.4) is 0 Å². The molecule has 6 nitrogen and oxygen atoms in total. The van der Waals surface area contributed by atoms with Crippen molar-refractivity contribution < 1.29 is 4.74 Å². The van der Waals surface area contributed by atoms with Gasteiger partial charge in [0, 0.05) is 10.9 Å². The minimum atomic E-state index is 0.420. The molecular formula is C13H19N5OS. The second-order valence-electron chi connectivity index (χ2n) is 4.52. The predicted molar refractivity (Wildman–Crippen MR) is 81.5 cm³/mol. The fourth-order valence-electron chi connectivity index (χ4n) is 1.61. The van der Waals surface area contributed by atoms with Gasteiger partial charge in [-0.05, 0) is 24.3 Å². The second kappa shape index (κ2) is 6.51. The molecule has 1 heterocycles. The zero-order valence-corrected chi connectivity index (χ0v) is 12.6. The predicted octanol–water partition coefficient (Wildman–Crippen LogP) is 2.11. The van der Waals surface area contributed by atoms with Gasteiger partial charge in [0.2, 0.25) is 5.16 Å².